The van der Waals surface area contributed by atoms with Gasteiger partial charge in [-0.1, -0.05) is 18.2 Å². The normalized spacial score (nSPS) is 18.5. The molecule has 0 aliphatic carbocycles. The van der Waals surface area contributed by atoms with Gasteiger partial charge in [0, 0.05) is 5.69 Å². The van der Waals surface area contributed by atoms with E-state index in [1.165, 1.54) is 18.9 Å². The molecule has 0 spiro atoms. The van der Waals surface area contributed by atoms with E-state index in [0.29, 0.717) is 0 Å². The second-order valence-corrected chi connectivity index (χ2v) is 5.25. The van der Waals surface area contributed by atoms with Gasteiger partial charge in [-0.2, -0.15) is 0 Å². The first-order valence-electron chi connectivity index (χ1n) is 5.78. The van der Waals surface area contributed by atoms with Gasteiger partial charge in [0.05, 0.1) is 18.1 Å². The number of anilines is 1. The number of hydrogen-bond donors (Lipinski definition) is 1. The van der Waals surface area contributed by atoms with E-state index in [0.717, 1.165) is 24.1 Å². The Labute approximate surface area is 110 Å². The van der Waals surface area contributed by atoms with Gasteiger partial charge in [0.25, 0.3) is 0 Å². The van der Waals surface area contributed by atoms with Gasteiger partial charge < -0.3 is 10.1 Å². The summed E-state index contributed by atoms with van der Waals surface area (Å²) in [5.41, 5.74) is 2.02. The van der Waals surface area contributed by atoms with Crippen molar-refractivity contribution in [2.24, 2.45) is 0 Å². The van der Waals surface area contributed by atoms with Crippen LogP contribution in [0.4, 0.5) is 5.69 Å². The van der Waals surface area contributed by atoms with Crippen LogP contribution in [0.25, 0.3) is 0 Å². The van der Waals surface area contributed by atoms with Gasteiger partial charge >= 0.3 is 5.97 Å². The summed E-state index contributed by atoms with van der Waals surface area (Å²) in [6.07, 6.45) is 1.58. The molecule has 18 heavy (non-hydrogen) atoms. The van der Waals surface area contributed by atoms with E-state index in [2.05, 4.69) is 10.1 Å². The Balaban J connectivity index is 2.01. The molecule has 1 amide bonds. The summed E-state index contributed by atoms with van der Waals surface area (Å²) in [6, 6.07) is 7.79. The lowest BCUT2D eigenvalue weighted by atomic mass is 10.1. The molecule has 0 aromatic heterocycles. The van der Waals surface area contributed by atoms with E-state index >= 15 is 0 Å². The average Bonchev–Trinajstić information content (AvgIpc) is 2.54. The number of benzene rings is 1. The fourth-order valence-corrected chi connectivity index (χ4v) is 2.83. The Morgan fingerprint density at radius 2 is 2.28 bits per heavy atom. The van der Waals surface area contributed by atoms with Crippen molar-refractivity contribution in [3.8, 4) is 0 Å². The van der Waals surface area contributed by atoms with Crippen molar-refractivity contribution in [2.75, 3.05) is 18.2 Å². The van der Waals surface area contributed by atoms with Gasteiger partial charge in [0.2, 0.25) is 5.91 Å². The topological polar surface area (TPSA) is 55.4 Å². The molecule has 5 heteroatoms. The van der Waals surface area contributed by atoms with Crippen molar-refractivity contribution in [3.05, 3.63) is 29.8 Å². The third-order valence-electron chi connectivity index (χ3n) is 2.87. The summed E-state index contributed by atoms with van der Waals surface area (Å²) < 4.78 is 4.58. The van der Waals surface area contributed by atoms with E-state index in [-0.39, 0.29) is 22.9 Å². The monoisotopic (exact) mass is 265 g/mol. The molecular weight excluding hydrogens is 250 g/mol. The summed E-state index contributed by atoms with van der Waals surface area (Å²) in [7, 11) is 1.35. The average molecular weight is 265 g/mol. The van der Waals surface area contributed by atoms with Crippen molar-refractivity contribution < 1.29 is 14.3 Å². The first-order valence-corrected chi connectivity index (χ1v) is 6.83. The van der Waals surface area contributed by atoms with Gasteiger partial charge in [-0.3, -0.25) is 9.59 Å². The number of rotatable bonds is 3. The van der Waals surface area contributed by atoms with E-state index in [9.17, 15) is 9.59 Å². The van der Waals surface area contributed by atoms with Crippen LogP contribution in [0.1, 0.15) is 12.0 Å². The summed E-state index contributed by atoms with van der Waals surface area (Å²) >= 11 is 1.34. The first-order chi connectivity index (χ1) is 8.70. The summed E-state index contributed by atoms with van der Waals surface area (Å²) in [5, 5.41) is 2.70. The lowest BCUT2D eigenvalue weighted by Crippen LogP contribution is -2.25. The predicted molar refractivity (Wildman–Crippen MR) is 71.7 cm³/mol. The molecule has 1 aromatic rings. The number of carbonyl (C=O) groups excluding carboxylic acids is 2. The Bertz CT molecular complexity index is 461. The van der Waals surface area contributed by atoms with Crippen LogP contribution in [0.15, 0.2) is 24.3 Å². The largest absolute Gasteiger partial charge is 0.468 e. The molecule has 2 rings (SSSR count). The number of para-hydroxylation sites is 1. The van der Waals surface area contributed by atoms with Crippen LogP contribution in [0.2, 0.25) is 0 Å². The van der Waals surface area contributed by atoms with E-state index in [4.69, 9.17) is 0 Å². The SMILES string of the molecule is COC(=O)CSC1CCc2ccccc2NC1=O. The third-order valence-corrected chi connectivity index (χ3v) is 4.13. The number of methoxy groups -OCH3 is 1. The van der Waals surface area contributed by atoms with E-state index < -0.39 is 0 Å². The van der Waals surface area contributed by atoms with Crippen LogP contribution in [-0.2, 0) is 20.7 Å². The molecule has 0 fully saturated rings. The molecule has 1 heterocycles. The molecular formula is C13H15NO3S. The zero-order valence-electron chi connectivity index (χ0n) is 10.1. The van der Waals surface area contributed by atoms with E-state index in [1.54, 1.807) is 0 Å². The zero-order valence-corrected chi connectivity index (χ0v) is 11.0. The smallest absolute Gasteiger partial charge is 0.315 e. The van der Waals surface area contributed by atoms with Gasteiger partial charge in [0.1, 0.15) is 0 Å². The minimum atomic E-state index is -0.297. The Morgan fingerprint density at radius 1 is 1.50 bits per heavy atom. The first kappa shape index (κ1) is 13.0. The molecule has 0 saturated carbocycles. The second kappa shape index (κ2) is 5.91. The maximum Gasteiger partial charge on any atom is 0.315 e. The van der Waals surface area contributed by atoms with Gasteiger partial charge in [0.15, 0.2) is 0 Å². The molecule has 1 aliphatic rings. The fraction of sp³-hybridized carbons (Fsp3) is 0.385. The van der Waals surface area contributed by atoms with Gasteiger partial charge in [-0.05, 0) is 24.5 Å². The molecule has 0 saturated heterocycles. The molecule has 1 aliphatic heterocycles. The number of carbonyl (C=O) groups is 2. The number of esters is 1. The quantitative estimate of drug-likeness (QED) is 0.847. The number of nitrogens with one attached hydrogen (secondary N) is 1. The molecule has 1 unspecified atom stereocenters. The lowest BCUT2D eigenvalue weighted by molar-refractivity contribution is -0.137. The van der Waals surface area contributed by atoms with Crippen LogP contribution in [0.3, 0.4) is 0 Å². The number of amides is 1. The summed E-state index contributed by atoms with van der Waals surface area (Å²) in [4.78, 5) is 23.1. The summed E-state index contributed by atoms with van der Waals surface area (Å²) in [6.45, 7) is 0. The molecule has 0 radical (unpaired) electrons. The van der Waals surface area contributed by atoms with Crippen molar-refractivity contribution >= 4 is 29.3 Å². The van der Waals surface area contributed by atoms with Crippen LogP contribution in [0, 0.1) is 0 Å². The van der Waals surface area contributed by atoms with Crippen LogP contribution >= 0.6 is 11.8 Å². The highest BCUT2D eigenvalue weighted by Gasteiger charge is 2.24. The number of thioether (sulfide) groups is 1. The van der Waals surface area contributed by atoms with Crippen LogP contribution < -0.4 is 5.32 Å². The van der Waals surface area contributed by atoms with Crippen molar-refractivity contribution in [1.82, 2.24) is 0 Å². The van der Waals surface area contributed by atoms with Crippen LogP contribution in [-0.4, -0.2) is 30.0 Å². The number of ether oxygens (including phenoxy) is 1. The Morgan fingerprint density at radius 3 is 3.06 bits per heavy atom. The molecule has 96 valence electrons. The van der Waals surface area contributed by atoms with Crippen LogP contribution in [0.5, 0.6) is 0 Å². The molecule has 1 N–H and O–H groups in total. The van der Waals surface area contributed by atoms with Crippen molar-refractivity contribution in [2.45, 2.75) is 18.1 Å². The Kier molecular flexibility index (Phi) is 4.25. The molecule has 1 atom stereocenters. The number of fused-ring (bicyclic) bond motifs is 1. The number of hydrogen-bond acceptors (Lipinski definition) is 4. The van der Waals surface area contributed by atoms with Gasteiger partial charge in [-0.15, -0.1) is 11.8 Å². The summed E-state index contributed by atoms with van der Waals surface area (Å²) in [5.74, 6) is -0.117. The lowest BCUT2D eigenvalue weighted by Gasteiger charge is -2.11. The second-order valence-electron chi connectivity index (χ2n) is 4.06. The Hall–Kier alpha value is -1.49. The maximum absolute atomic E-state index is 12.0. The standard InChI is InChI=1S/C13H15NO3S/c1-17-12(15)8-18-11-7-6-9-4-2-3-5-10(9)14-13(11)16/h2-5,11H,6-8H2,1H3,(H,14,16). The third kappa shape index (κ3) is 3.04. The highest BCUT2D eigenvalue weighted by molar-refractivity contribution is 8.01. The highest BCUT2D eigenvalue weighted by Crippen LogP contribution is 2.26. The number of aryl methyl sites for hydroxylation is 1. The minimum absolute atomic E-state index is 0.0335. The van der Waals surface area contributed by atoms with Crippen molar-refractivity contribution in [1.29, 1.82) is 0 Å². The highest BCUT2D eigenvalue weighted by atomic mass is 32.2. The van der Waals surface area contributed by atoms with E-state index in [1.807, 2.05) is 24.3 Å². The fourth-order valence-electron chi connectivity index (χ4n) is 1.88. The van der Waals surface area contributed by atoms with Crippen molar-refractivity contribution in [3.63, 3.8) is 0 Å². The predicted octanol–water partition coefficient (Wildman–Crippen LogP) is 1.85. The minimum Gasteiger partial charge on any atom is -0.468 e. The molecule has 0 bridgehead atoms. The maximum atomic E-state index is 12.0. The van der Waals surface area contributed by atoms with Gasteiger partial charge in [-0.25, -0.2) is 0 Å². The molecule has 1 aromatic carbocycles. The molecule has 4 nitrogen and oxygen atoms in total. The zero-order chi connectivity index (χ0) is 13.0.